The maximum atomic E-state index is 11.4. The lowest BCUT2D eigenvalue weighted by molar-refractivity contribution is -0.387. The van der Waals surface area contributed by atoms with Crippen LogP contribution in [-0.2, 0) is 6.54 Å². The Hall–Kier alpha value is -2.81. The average molecular weight is 332 g/mol. The quantitative estimate of drug-likeness (QED) is 0.316. The number of hydrogen-bond donors (Lipinski definition) is 1. The molecular formula is C14H12N4O4S. The van der Waals surface area contributed by atoms with Crippen molar-refractivity contribution in [3.05, 3.63) is 52.7 Å². The molecule has 3 aromatic rings. The average Bonchev–Trinajstić information content (AvgIpc) is 3.24. The third kappa shape index (κ3) is 3.19. The van der Waals surface area contributed by atoms with E-state index in [0.29, 0.717) is 11.5 Å². The molecule has 3 aromatic heterocycles. The Labute approximate surface area is 135 Å². The molecule has 3 heterocycles. The number of hydrogen-bond acceptors (Lipinski definition) is 8. The Morgan fingerprint density at radius 3 is 2.65 bits per heavy atom. The van der Waals surface area contributed by atoms with E-state index in [1.54, 1.807) is 30.5 Å². The van der Waals surface area contributed by atoms with Crippen molar-refractivity contribution in [3.63, 3.8) is 0 Å². The summed E-state index contributed by atoms with van der Waals surface area (Å²) in [5.41, 5.74) is -0.167. The van der Waals surface area contributed by atoms with E-state index in [9.17, 15) is 10.1 Å². The molecule has 0 unspecified atom stereocenters. The molecule has 0 fully saturated rings. The fourth-order valence-corrected chi connectivity index (χ4v) is 2.51. The van der Waals surface area contributed by atoms with Gasteiger partial charge in [0.25, 0.3) is 0 Å². The van der Waals surface area contributed by atoms with Crippen molar-refractivity contribution in [1.29, 1.82) is 0 Å². The van der Waals surface area contributed by atoms with E-state index in [0.717, 1.165) is 0 Å². The van der Waals surface area contributed by atoms with Crippen LogP contribution in [0.3, 0.4) is 0 Å². The van der Waals surface area contributed by atoms with Crippen LogP contribution in [0.4, 0.5) is 11.5 Å². The molecule has 0 radical (unpaired) electrons. The first-order valence-corrected chi connectivity index (χ1v) is 7.82. The number of nitrogens with one attached hydrogen (secondary N) is 1. The number of aromatic nitrogens is 2. The van der Waals surface area contributed by atoms with Gasteiger partial charge >= 0.3 is 5.69 Å². The summed E-state index contributed by atoms with van der Waals surface area (Å²) in [4.78, 5) is 19.3. The van der Waals surface area contributed by atoms with Gasteiger partial charge in [0.2, 0.25) is 5.82 Å². The fraction of sp³-hybridized carbons (Fsp3) is 0.143. The molecule has 23 heavy (non-hydrogen) atoms. The minimum Gasteiger partial charge on any atom is -0.467 e. The van der Waals surface area contributed by atoms with Crippen LogP contribution < -0.4 is 5.32 Å². The Kier molecular flexibility index (Phi) is 4.29. The van der Waals surface area contributed by atoms with E-state index in [4.69, 9.17) is 8.83 Å². The van der Waals surface area contributed by atoms with E-state index in [2.05, 4.69) is 15.3 Å². The molecule has 118 valence electrons. The topological polar surface area (TPSA) is 107 Å². The van der Waals surface area contributed by atoms with E-state index >= 15 is 0 Å². The maximum absolute atomic E-state index is 11.4. The van der Waals surface area contributed by atoms with Crippen molar-refractivity contribution in [2.45, 2.75) is 11.6 Å². The zero-order valence-corrected chi connectivity index (χ0v) is 12.9. The van der Waals surface area contributed by atoms with Crippen molar-refractivity contribution < 1.29 is 13.8 Å². The number of thioether (sulfide) groups is 1. The summed E-state index contributed by atoms with van der Waals surface area (Å²) >= 11 is 1.17. The minimum absolute atomic E-state index is 0.122. The van der Waals surface area contributed by atoms with Gasteiger partial charge in [-0.2, -0.15) is 0 Å². The minimum atomic E-state index is -0.498. The lowest BCUT2D eigenvalue weighted by atomic mass is 10.3. The van der Waals surface area contributed by atoms with Gasteiger partial charge in [-0.3, -0.25) is 10.1 Å². The molecule has 0 bridgehead atoms. The molecule has 9 heteroatoms. The van der Waals surface area contributed by atoms with Gasteiger partial charge in [0.15, 0.2) is 16.6 Å². The molecule has 3 rings (SSSR count). The first kappa shape index (κ1) is 15.1. The third-order valence-electron chi connectivity index (χ3n) is 2.98. The van der Waals surface area contributed by atoms with Crippen LogP contribution in [0.25, 0.3) is 11.6 Å². The van der Waals surface area contributed by atoms with Crippen molar-refractivity contribution in [3.8, 4) is 11.6 Å². The molecular weight excluding hydrogens is 320 g/mol. The second kappa shape index (κ2) is 6.53. The molecule has 8 nitrogen and oxygen atoms in total. The molecule has 0 amide bonds. The van der Waals surface area contributed by atoms with Gasteiger partial charge in [-0.05, 0) is 30.5 Å². The Morgan fingerprint density at radius 1 is 1.26 bits per heavy atom. The van der Waals surface area contributed by atoms with Crippen LogP contribution in [0.2, 0.25) is 0 Å². The van der Waals surface area contributed by atoms with E-state index in [-0.39, 0.29) is 28.9 Å². The van der Waals surface area contributed by atoms with Gasteiger partial charge < -0.3 is 14.2 Å². The van der Waals surface area contributed by atoms with E-state index in [1.807, 2.05) is 0 Å². The monoisotopic (exact) mass is 332 g/mol. The number of nitrogens with zero attached hydrogens (tertiary/aromatic N) is 3. The van der Waals surface area contributed by atoms with Gasteiger partial charge in [0, 0.05) is 0 Å². The van der Waals surface area contributed by atoms with Crippen LogP contribution in [0, 0.1) is 10.1 Å². The van der Waals surface area contributed by atoms with Crippen molar-refractivity contribution in [2.24, 2.45) is 0 Å². The summed E-state index contributed by atoms with van der Waals surface area (Å²) in [5, 5.41) is 14.6. The molecule has 0 aliphatic heterocycles. The molecule has 0 atom stereocenters. The highest BCUT2D eigenvalue weighted by atomic mass is 32.2. The summed E-state index contributed by atoms with van der Waals surface area (Å²) in [6, 6.07) is 6.91. The van der Waals surface area contributed by atoms with Crippen molar-refractivity contribution >= 4 is 23.3 Å². The van der Waals surface area contributed by atoms with Crippen LogP contribution in [0.1, 0.15) is 5.76 Å². The number of nitro groups is 1. The first-order valence-electron chi connectivity index (χ1n) is 6.59. The molecule has 0 aliphatic carbocycles. The predicted octanol–water partition coefficient (Wildman–Crippen LogP) is 3.57. The second-order valence-corrected chi connectivity index (χ2v) is 5.22. The Morgan fingerprint density at radius 2 is 2.04 bits per heavy atom. The standard InChI is InChI=1S/C14H12N4O4S/c1-23-14-11(18(19)20)13(15-8-9-4-2-6-21-9)16-12(17-14)10-5-3-7-22-10/h2-7H,8H2,1H3,(H,15,16,17). The Balaban J connectivity index is 2.02. The predicted molar refractivity (Wildman–Crippen MR) is 84.2 cm³/mol. The number of rotatable bonds is 6. The van der Waals surface area contributed by atoms with E-state index < -0.39 is 4.92 Å². The third-order valence-corrected chi connectivity index (χ3v) is 3.65. The smallest absolute Gasteiger partial charge is 0.343 e. The number of anilines is 1. The summed E-state index contributed by atoms with van der Waals surface area (Å²) in [7, 11) is 0. The van der Waals surface area contributed by atoms with Gasteiger partial charge in [0.05, 0.1) is 24.0 Å². The maximum Gasteiger partial charge on any atom is 0.343 e. The second-order valence-electron chi connectivity index (χ2n) is 4.42. The molecule has 0 saturated heterocycles. The largest absolute Gasteiger partial charge is 0.467 e. The summed E-state index contributed by atoms with van der Waals surface area (Å²) < 4.78 is 10.5. The highest BCUT2D eigenvalue weighted by Gasteiger charge is 2.25. The zero-order valence-electron chi connectivity index (χ0n) is 12.1. The Bertz CT molecular complexity index is 803. The summed E-state index contributed by atoms with van der Waals surface area (Å²) in [5.74, 6) is 1.49. The van der Waals surface area contributed by atoms with Gasteiger partial charge in [0.1, 0.15) is 5.76 Å². The summed E-state index contributed by atoms with van der Waals surface area (Å²) in [6.07, 6.45) is 4.75. The molecule has 0 aromatic carbocycles. The van der Waals surface area contributed by atoms with Gasteiger partial charge in [-0.1, -0.05) is 0 Å². The highest BCUT2D eigenvalue weighted by molar-refractivity contribution is 7.98. The SMILES string of the molecule is CSc1nc(-c2ccco2)nc(NCc2ccco2)c1[N+](=O)[O-]. The molecule has 0 aliphatic rings. The van der Waals surface area contributed by atoms with Crippen LogP contribution in [0.15, 0.2) is 50.7 Å². The van der Waals surface area contributed by atoms with Gasteiger partial charge in [-0.25, -0.2) is 9.97 Å². The lowest BCUT2D eigenvalue weighted by Crippen LogP contribution is -2.07. The first-order chi connectivity index (χ1) is 11.2. The lowest BCUT2D eigenvalue weighted by Gasteiger charge is -2.08. The summed E-state index contributed by atoms with van der Waals surface area (Å²) in [6.45, 7) is 0.274. The van der Waals surface area contributed by atoms with Crippen LogP contribution in [0.5, 0.6) is 0 Å². The van der Waals surface area contributed by atoms with Crippen molar-refractivity contribution in [1.82, 2.24) is 9.97 Å². The highest BCUT2D eigenvalue weighted by Crippen LogP contribution is 2.34. The van der Waals surface area contributed by atoms with Gasteiger partial charge in [-0.15, -0.1) is 11.8 Å². The normalized spacial score (nSPS) is 10.7. The molecule has 1 N–H and O–H groups in total. The molecule has 0 saturated carbocycles. The van der Waals surface area contributed by atoms with E-state index in [1.165, 1.54) is 24.3 Å². The van der Waals surface area contributed by atoms with Crippen LogP contribution in [-0.4, -0.2) is 21.1 Å². The zero-order chi connectivity index (χ0) is 16.2. The number of furan rings is 2. The van der Waals surface area contributed by atoms with Crippen LogP contribution >= 0.6 is 11.8 Å². The fourth-order valence-electron chi connectivity index (χ4n) is 1.96. The van der Waals surface area contributed by atoms with Crippen molar-refractivity contribution in [2.75, 3.05) is 11.6 Å². The molecule has 0 spiro atoms.